The molecule has 0 unspecified atom stereocenters. The number of hydrogen-bond donors (Lipinski definition) is 0. The quantitative estimate of drug-likeness (QED) is 0.326. The number of benzene rings is 2. The highest BCUT2D eigenvalue weighted by atomic mass is 19.2. The van der Waals surface area contributed by atoms with Gasteiger partial charge in [-0.1, -0.05) is 24.3 Å². The van der Waals surface area contributed by atoms with E-state index in [9.17, 15) is 13.2 Å². The fourth-order valence-electron chi connectivity index (χ4n) is 4.99. The molecule has 2 aromatic carbocycles. The summed E-state index contributed by atoms with van der Waals surface area (Å²) in [4.78, 5) is 0. The Morgan fingerprint density at radius 2 is 1.47 bits per heavy atom. The molecule has 2 aromatic rings. The lowest BCUT2D eigenvalue weighted by molar-refractivity contribution is -0.222. The molecule has 2 fully saturated rings. The van der Waals surface area contributed by atoms with Crippen molar-refractivity contribution in [2.75, 3.05) is 19.8 Å². The Labute approximate surface area is 197 Å². The second-order valence-electron chi connectivity index (χ2n) is 8.94. The molecule has 4 rings (SSSR count). The van der Waals surface area contributed by atoms with E-state index >= 15 is 4.39 Å². The summed E-state index contributed by atoms with van der Waals surface area (Å²) in [6.45, 7) is 5.01. The molecule has 0 atom stereocenters. The summed E-state index contributed by atoms with van der Waals surface area (Å²) < 4.78 is 75.7. The van der Waals surface area contributed by atoms with Gasteiger partial charge in [-0.05, 0) is 63.1 Å². The van der Waals surface area contributed by atoms with Crippen LogP contribution in [0.1, 0.15) is 51.0 Å². The van der Waals surface area contributed by atoms with E-state index in [1.165, 1.54) is 24.3 Å². The van der Waals surface area contributed by atoms with Gasteiger partial charge in [0, 0.05) is 23.0 Å². The third kappa shape index (κ3) is 5.01. The van der Waals surface area contributed by atoms with Crippen LogP contribution in [0.2, 0.25) is 0 Å². The van der Waals surface area contributed by atoms with Crippen LogP contribution in [0.15, 0.2) is 36.4 Å². The maximum absolute atomic E-state index is 15.1. The van der Waals surface area contributed by atoms with E-state index < -0.39 is 23.3 Å². The zero-order valence-electron chi connectivity index (χ0n) is 19.5. The van der Waals surface area contributed by atoms with Crippen molar-refractivity contribution >= 4 is 0 Å². The van der Waals surface area contributed by atoms with Gasteiger partial charge in [0.1, 0.15) is 0 Å². The van der Waals surface area contributed by atoms with Gasteiger partial charge in [-0.25, -0.2) is 13.2 Å². The molecule has 0 spiro atoms. The molecule has 2 aliphatic rings. The Bertz CT molecular complexity index is 1020. The van der Waals surface area contributed by atoms with Gasteiger partial charge in [0.25, 0.3) is 0 Å². The first-order chi connectivity index (χ1) is 16.4. The molecular weight excluding hydrogens is 448 g/mol. The van der Waals surface area contributed by atoms with E-state index in [1.807, 2.05) is 13.0 Å². The van der Waals surface area contributed by atoms with Crippen LogP contribution < -0.4 is 4.74 Å². The standard InChI is InChI=1S/C27H30F4O3/c1-3-5-16-14-33-27(34-15-16)18-8-6-17(7-9-18)19-10-11-20(24(29)23(19)28)21-12-13-22(32-4-2)26(31)25(21)30/h3,5,10-13,16-18,27H,4,6-9,14-15H2,1-2H3/b5-3+. The third-order valence-electron chi connectivity index (χ3n) is 6.76. The van der Waals surface area contributed by atoms with Gasteiger partial charge >= 0.3 is 0 Å². The lowest BCUT2D eigenvalue weighted by atomic mass is 9.77. The third-order valence-corrected chi connectivity index (χ3v) is 6.76. The highest BCUT2D eigenvalue weighted by Gasteiger charge is 2.34. The van der Waals surface area contributed by atoms with Crippen LogP contribution in [0, 0.1) is 35.1 Å². The zero-order chi connectivity index (χ0) is 24.2. The maximum atomic E-state index is 15.1. The molecule has 0 radical (unpaired) electrons. The lowest BCUT2D eigenvalue weighted by Crippen LogP contribution is -2.37. The molecule has 3 nitrogen and oxygen atoms in total. The molecule has 184 valence electrons. The van der Waals surface area contributed by atoms with Crippen molar-refractivity contribution in [2.45, 2.75) is 51.7 Å². The van der Waals surface area contributed by atoms with E-state index in [2.05, 4.69) is 6.08 Å². The van der Waals surface area contributed by atoms with Gasteiger partial charge in [-0.15, -0.1) is 0 Å². The second kappa shape index (κ2) is 10.9. The van der Waals surface area contributed by atoms with Crippen molar-refractivity contribution in [3.8, 4) is 16.9 Å². The summed E-state index contributed by atoms with van der Waals surface area (Å²) in [7, 11) is 0. The van der Waals surface area contributed by atoms with Crippen molar-refractivity contribution in [2.24, 2.45) is 11.8 Å². The molecule has 0 bridgehead atoms. The Balaban J connectivity index is 1.45. The molecule has 0 amide bonds. The Hall–Kier alpha value is -2.38. The van der Waals surface area contributed by atoms with Crippen molar-refractivity contribution in [3.63, 3.8) is 0 Å². The van der Waals surface area contributed by atoms with Crippen LogP contribution in [0.5, 0.6) is 5.75 Å². The van der Waals surface area contributed by atoms with Crippen LogP contribution in [-0.2, 0) is 9.47 Å². The van der Waals surface area contributed by atoms with Crippen molar-refractivity contribution in [1.82, 2.24) is 0 Å². The van der Waals surface area contributed by atoms with Crippen LogP contribution in [-0.4, -0.2) is 26.1 Å². The fourth-order valence-corrected chi connectivity index (χ4v) is 4.99. The predicted octanol–water partition coefficient (Wildman–Crippen LogP) is 7.15. The molecule has 1 heterocycles. The minimum absolute atomic E-state index is 0.152. The van der Waals surface area contributed by atoms with E-state index in [0.717, 1.165) is 12.8 Å². The number of hydrogen-bond acceptors (Lipinski definition) is 3. The number of allylic oxidation sites excluding steroid dienone is 1. The van der Waals surface area contributed by atoms with E-state index in [0.29, 0.717) is 26.1 Å². The second-order valence-corrected chi connectivity index (χ2v) is 8.94. The van der Waals surface area contributed by atoms with Crippen LogP contribution in [0.4, 0.5) is 17.6 Å². The Kier molecular flexibility index (Phi) is 7.94. The van der Waals surface area contributed by atoms with E-state index in [-0.39, 0.29) is 53.1 Å². The van der Waals surface area contributed by atoms with E-state index in [1.54, 1.807) is 6.92 Å². The molecule has 1 aliphatic heterocycles. The molecule has 7 heteroatoms. The summed E-state index contributed by atoms with van der Waals surface area (Å²) in [5.41, 5.74) is -0.380. The molecule has 34 heavy (non-hydrogen) atoms. The largest absolute Gasteiger partial charge is 0.491 e. The molecule has 1 aliphatic carbocycles. The summed E-state index contributed by atoms with van der Waals surface area (Å²) in [6.07, 6.45) is 6.71. The normalized spacial score (nSPS) is 25.6. The summed E-state index contributed by atoms with van der Waals surface area (Å²) in [6, 6.07) is 5.24. The predicted molar refractivity (Wildman–Crippen MR) is 122 cm³/mol. The molecule has 0 aromatic heterocycles. The Morgan fingerprint density at radius 1 is 0.853 bits per heavy atom. The number of ether oxygens (including phenoxy) is 3. The topological polar surface area (TPSA) is 27.7 Å². The SMILES string of the molecule is C/C=C/C1COC(C2CCC(c3ccc(-c4ccc(OCC)c(F)c4F)c(F)c3F)CC2)OC1. The van der Waals surface area contributed by atoms with Crippen LogP contribution in [0.3, 0.4) is 0 Å². The van der Waals surface area contributed by atoms with Crippen LogP contribution >= 0.6 is 0 Å². The number of rotatable bonds is 6. The summed E-state index contributed by atoms with van der Waals surface area (Å²) in [5, 5.41) is 0. The van der Waals surface area contributed by atoms with Gasteiger partial charge in [-0.2, -0.15) is 4.39 Å². The van der Waals surface area contributed by atoms with Gasteiger partial charge < -0.3 is 14.2 Å². The van der Waals surface area contributed by atoms with Gasteiger partial charge in [0.05, 0.1) is 19.8 Å². The minimum Gasteiger partial charge on any atom is -0.491 e. The lowest BCUT2D eigenvalue weighted by Gasteiger charge is -2.37. The van der Waals surface area contributed by atoms with Gasteiger partial charge in [0.15, 0.2) is 29.5 Å². The first-order valence-electron chi connectivity index (χ1n) is 11.9. The van der Waals surface area contributed by atoms with Crippen molar-refractivity contribution in [3.05, 3.63) is 65.2 Å². The monoisotopic (exact) mass is 478 g/mol. The molecule has 1 saturated heterocycles. The van der Waals surface area contributed by atoms with Crippen molar-refractivity contribution < 1.29 is 31.8 Å². The molecular formula is C27H30F4O3. The van der Waals surface area contributed by atoms with Crippen molar-refractivity contribution in [1.29, 1.82) is 0 Å². The fraction of sp³-hybridized carbons (Fsp3) is 0.481. The number of halogens is 4. The van der Waals surface area contributed by atoms with Gasteiger partial charge in [0.2, 0.25) is 5.82 Å². The Morgan fingerprint density at radius 3 is 2.09 bits per heavy atom. The zero-order valence-corrected chi connectivity index (χ0v) is 19.5. The highest BCUT2D eigenvalue weighted by molar-refractivity contribution is 5.66. The summed E-state index contributed by atoms with van der Waals surface area (Å²) in [5.74, 6) is -4.59. The minimum atomic E-state index is -1.26. The molecule has 0 N–H and O–H groups in total. The first kappa shape index (κ1) is 24.7. The maximum Gasteiger partial charge on any atom is 0.201 e. The summed E-state index contributed by atoms with van der Waals surface area (Å²) >= 11 is 0. The average molecular weight is 479 g/mol. The smallest absolute Gasteiger partial charge is 0.201 e. The van der Waals surface area contributed by atoms with E-state index in [4.69, 9.17) is 14.2 Å². The highest BCUT2D eigenvalue weighted by Crippen LogP contribution is 2.41. The first-order valence-corrected chi connectivity index (χ1v) is 11.9. The van der Waals surface area contributed by atoms with Crippen LogP contribution in [0.25, 0.3) is 11.1 Å². The average Bonchev–Trinajstić information content (AvgIpc) is 2.85. The molecule has 1 saturated carbocycles. The van der Waals surface area contributed by atoms with Gasteiger partial charge in [-0.3, -0.25) is 0 Å².